The van der Waals surface area contributed by atoms with Gasteiger partial charge in [0.1, 0.15) is 0 Å². The van der Waals surface area contributed by atoms with Gasteiger partial charge in [-0.3, -0.25) is 19.3 Å². The lowest BCUT2D eigenvalue weighted by Crippen LogP contribution is -2.30. The van der Waals surface area contributed by atoms with Crippen LogP contribution in [0, 0.1) is 18.8 Å². The zero-order valence-corrected chi connectivity index (χ0v) is 24.0. The molecule has 6 rings (SSSR count). The van der Waals surface area contributed by atoms with Gasteiger partial charge in [-0.05, 0) is 62.2 Å². The molecule has 4 aromatic rings. The van der Waals surface area contributed by atoms with Crippen LogP contribution in [0.15, 0.2) is 77.3 Å². The predicted molar refractivity (Wildman–Crippen MR) is 159 cm³/mol. The minimum absolute atomic E-state index is 0.116. The molecule has 1 saturated carbocycles. The van der Waals surface area contributed by atoms with Crippen LogP contribution in [-0.2, 0) is 14.3 Å². The highest BCUT2D eigenvalue weighted by atomic mass is 79.9. The quantitative estimate of drug-likeness (QED) is 0.137. The molecular weight excluding hydrogens is 584 g/mol. The maximum atomic E-state index is 13.3. The third-order valence-electron chi connectivity index (χ3n) is 7.95. The standard InChI is InChI=1S/C33H27BrN2O5/c1-19-6-15-28-26(16-19)27(33(40)41-18-30(37)21-7-11-22(34)12-8-21)17-29(35-28)20-9-13-23(14-10-20)36-31(38)24-4-2-3-5-25(24)32(36)39/h6-17,24-25H,2-5,18H2,1H3. The number of esters is 1. The average molecular weight is 611 g/mol. The van der Waals surface area contributed by atoms with Gasteiger partial charge < -0.3 is 4.74 Å². The summed E-state index contributed by atoms with van der Waals surface area (Å²) in [5.41, 5.74) is 4.11. The van der Waals surface area contributed by atoms with E-state index >= 15 is 0 Å². The minimum atomic E-state index is -0.623. The molecule has 3 aromatic carbocycles. The molecule has 1 saturated heterocycles. The minimum Gasteiger partial charge on any atom is -0.454 e. The monoisotopic (exact) mass is 610 g/mol. The van der Waals surface area contributed by atoms with Gasteiger partial charge in [0.2, 0.25) is 11.8 Å². The van der Waals surface area contributed by atoms with E-state index in [4.69, 9.17) is 9.72 Å². The fourth-order valence-electron chi connectivity index (χ4n) is 5.78. The van der Waals surface area contributed by atoms with Gasteiger partial charge in [0.25, 0.3) is 0 Å². The van der Waals surface area contributed by atoms with Crippen LogP contribution in [0.3, 0.4) is 0 Å². The second-order valence-corrected chi connectivity index (χ2v) is 11.6. The van der Waals surface area contributed by atoms with Gasteiger partial charge >= 0.3 is 5.97 Å². The first kappa shape index (κ1) is 27.0. The molecule has 0 spiro atoms. The van der Waals surface area contributed by atoms with Crippen molar-refractivity contribution < 1.29 is 23.9 Å². The van der Waals surface area contributed by atoms with Gasteiger partial charge in [-0.25, -0.2) is 9.78 Å². The van der Waals surface area contributed by atoms with Crippen molar-refractivity contribution >= 4 is 56.1 Å². The molecule has 0 bridgehead atoms. The number of imide groups is 1. The number of hydrogen-bond donors (Lipinski definition) is 0. The third-order valence-corrected chi connectivity index (χ3v) is 8.48. The Balaban J connectivity index is 1.28. The fourth-order valence-corrected chi connectivity index (χ4v) is 6.05. The van der Waals surface area contributed by atoms with Gasteiger partial charge in [0, 0.05) is 21.0 Å². The van der Waals surface area contributed by atoms with Crippen LogP contribution in [-0.4, -0.2) is 35.2 Å². The van der Waals surface area contributed by atoms with E-state index in [-0.39, 0.29) is 36.0 Å². The first-order valence-corrected chi connectivity index (χ1v) is 14.4. The maximum absolute atomic E-state index is 13.3. The molecule has 2 atom stereocenters. The molecule has 1 aliphatic heterocycles. The third kappa shape index (κ3) is 5.20. The Morgan fingerprint density at radius 1 is 0.902 bits per heavy atom. The number of anilines is 1. The van der Waals surface area contributed by atoms with Crippen molar-refractivity contribution in [1.29, 1.82) is 0 Å². The second kappa shape index (κ2) is 11.0. The molecule has 2 unspecified atom stereocenters. The number of halogens is 1. The summed E-state index contributed by atoms with van der Waals surface area (Å²) >= 11 is 3.35. The summed E-state index contributed by atoms with van der Waals surface area (Å²) in [4.78, 5) is 58.0. The molecule has 8 heteroatoms. The smallest absolute Gasteiger partial charge is 0.339 e. The Kier molecular flexibility index (Phi) is 7.26. The number of nitrogens with zero attached hydrogens (tertiary/aromatic N) is 2. The van der Waals surface area contributed by atoms with Crippen LogP contribution in [0.25, 0.3) is 22.2 Å². The molecule has 7 nitrogen and oxygen atoms in total. The first-order chi connectivity index (χ1) is 19.8. The van der Waals surface area contributed by atoms with Crippen LogP contribution in [0.4, 0.5) is 5.69 Å². The van der Waals surface area contributed by atoms with Gasteiger partial charge in [-0.15, -0.1) is 0 Å². The van der Waals surface area contributed by atoms with Crippen molar-refractivity contribution in [2.24, 2.45) is 11.8 Å². The predicted octanol–water partition coefficient (Wildman–Crippen LogP) is 6.69. The zero-order chi connectivity index (χ0) is 28.7. The number of hydrogen-bond acceptors (Lipinski definition) is 6. The van der Waals surface area contributed by atoms with Crippen molar-refractivity contribution in [3.05, 3.63) is 94.0 Å². The van der Waals surface area contributed by atoms with E-state index in [1.807, 2.05) is 25.1 Å². The number of carbonyl (C=O) groups excluding carboxylic acids is 4. The van der Waals surface area contributed by atoms with Gasteiger partial charge in [0.15, 0.2) is 12.4 Å². The van der Waals surface area contributed by atoms with E-state index in [1.165, 1.54) is 4.90 Å². The number of aryl methyl sites for hydroxylation is 1. The Morgan fingerprint density at radius 2 is 1.56 bits per heavy atom. The van der Waals surface area contributed by atoms with E-state index in [0.717, 1.165) is 35.7 Å². The SMILES string of the molecule is Cc1ccc2nc(-c3ccc(N4C(=O)C5CCCCC5C4=O)cc3)cc(C(=O)OCC(=O)c3ccc(Br)cc3)c2c1. The molecule has 1 aliphatic carbocycles. The van der Waals surface area contributed by atoms with Crippen molar-refractivity contribution in [3.8, 4) is 11.3 Å². The van der Waals surface area contributed by atoms with E-state index < -0.39 is 5.97 Å². The summed E-state index contributed by atoms with van der Waals surface area (Å²) < 4.78 is 6.31. The number of carbonyl (C=O) groups is 4. The number of Topliss-reactive ketones (excluding diaryl/α,β-unsaturated/α-hetero) is 1. The molecule has 0 N–H and O–H groups in total. The normalized spacial score (nSPS) is 18.4. The lowest BCUT2D eigenvalue weighted by molar-refractivity contribution is -0.122. The van der Waals surface area contributed by atoms with Crippen LogP contribution >= 0.6 is 15.9 Å². The van der Waals surface area contributed by atoms with E-state index in [2.05, 4.69) is 15.9 Å². The van der Waals surface area contributed by atoms with E-state index in [9.17, 15) is 19.2 Å². The summed E-state index contributed by atoms with van der Waals surface area (Å²) in [5.74, 6) is -1.59. The van der Waals surface area contributed by atoms with E-state index in [0.29, 0.717) is 39.0 Å². The molecule has 2 amide bonds. The zero-order valence-electron chi connectivity index (χ0n) is 22.4. The Hall–Kier alpha value is -4.17. The largest absolute Gasteiger partial charge is 0.454 e. The Labute approximate surface area is 245 Å². The molecule has 2 fully saturated rings. The number of ketones is 1. The molecule has 1 aromatic heterocycles. The Morgan fingerprint density at radius 3 is 2.22 bits per heavy atom. The lowest BCUT2D eigenvalue weighted by atomic mass is 9.81. The highest BCUT2D eigenvalue weighted by Crippen LogP contribution is 2.40. The second-order valence-electron chi connectivity index (χ2n) is 10.6. The fraction of sp³-hybridized carbons (Fsp3) is 0.242. The summed E-state index contributed by atoms with van der Waals surface area (Å²) in [7, 11) is 0. The molecule has 2 heterocycles. The number of amides is 2. The first-order valence-electron chi connectivity index (χ1n) is 13.7. The van der Waals surface area contributed by atoms with Crippen LogP contribution in [0.2, 0.25) is 0 Å². The van der Waals surface area contributed by atoms with Crippen molar-refractivity contribution in [1.82, 2.24) is 4.98 Å². The summed E-state index contributed by atoms with van der Waals surface area (Å²) in [6.07, 6.45) is 3.47. The average Bonchev–Trinajstić information content (AvgIpc) is 3.25. The number of rotatable bonds is 6. The number of fused-ring (bicyclic) bond motifs is 2. The highest BCUT2D eigenvalue weighted by molar-refractivity contribution is 9.10. The molecule has 0 radical (unpaired) electrons. The highest BCUT2D eigenvalue weighted by Gasteiger charge is 2.48. The topological polar surface area (TPSA) is 93.6 Å². The van der Waals surface area contributed by atoms with Crippen molar-refractivity contribution in [3.63, 3.8) is 0 Å². The molecular formula is C33H27BrN2O5. The van der Waals surface area contributed by atoms with Crippen LogP contribution in [0.1, 0.15) is 52.0 Å². The number of ether oxygens (including phenoxy) is 1. The number of pyridine rings is 1. The Bertz CT molecular complexity index is 1670. The maximum Gasteiger partial charge on any atom is 0.339 e. The van der Waals surface area contributed by atoms with Crippen molar-refractivity contribution in [2.75, 3.05) is 11.5 Å². The van der Waals surface area contributed by atoms with Crippen LogP contribution < -0.4 is 4.90 Å². The summed E-state index contributed by atoms with van der Waals surface area (Å²) in [5, 5.41) is 0.627. The lowest BCUT2D eigenvalue weighted by Gasteiger charge is -2.19. The molecule has 2 aliphatic rings. The van der Waals surface area contributed by atoms with Gasteiger partial charge in [-0.1, -0.05) is 64.7 Å². The molecule has 41 heavy (non-hydrogen) atoms. The van der Waals surface area contributed by atoms with Crippen LogP contribution in [0.5, 0.6) is 0 Å². The van der Waals surface area contributed by atoms with Gasteiger partial charge in [-0.2, -0.15) is 0 Å². The summed E-state index contributed by atoms with van der Waals surface area (Å²) in [6, 6.07) is 21.2. The van der Waals surface area contributed by atoms with Crippen molar-refractivity contribution in [2.45, 2.75) is 32.6 Å². The molecule has 206 valence electrons. The summed E-state index contributed by atoms with van der Waals surface area (Å²) in [6.45, 7) is 1.54. The van der Waals surface area contributed by atoms with Gasteiger partial charge in [0.05, 0.1) is 34.3 Å². The van der Waals surface area contributed by atoms with E-state index in [1.54, 1.807) is 54.6 Å². The number of benzene rings is 3. The number of aromatic nitrogens is 1.